The highest BCUT2D eigenvalue weighted by atomic mass is 35.5. The number of rotatable bonds is 20. The maximum Gasteiger partial charge on any atom is 0.339 e. The number of alkyl halides is 2. The Morgan fingerprint density at radius 1 is 0.652 bits per heavy atom. The highest BCUT2D eigenvalue weighted by Gasteiger charge is 2.59. The van der Waals surface area contributed by atoms with Crippen LogP contribution in [0.5, 0.6) is 5.75 Å². The lowest BCUT2D eigenvalue weighted by atomic mass is 9.65. The Labute approximate surface area is 772 Å². The average Bonchev–Trinajstić information content (AvgIpc) is 1.04. The van der Waals surface area contributed by atoms with Crippen molar-refractivity contribution in [3.63, 3.8) is 0 Å². The third kappa shape index (κ3) is 23.4. The number of carbonyl (C=O) groups is 11. The number of aliphatic hydroxyl groups excluding tert-OH is 2. The fourth-order valence-corrected chi connectivity index (χ4v) is 24.7. The Balaban J connectivity index is 0.000000173. The Morgan fingerprint density at radius 3 is 1.84 bits per heavy atom. The third-order valence-corrected chi connectivity index (χ3v) is 32.2. The van der Waals surface area contributed by atoms with E-state index in [1.54, 1.807) is 74.0 Å². The molecule has 7 fully saturated rings. The van der Waals surface area contributed by atoms with Crippen LogP contribution < -0.4 is 19.9 Å². The number of aromatic nitrogens is 7. The molecule has 1 spiro atoms. The molecule has 15 rings (SSSR count). The number of carboxylic acids is 2. The first kappa shape index (κ1) is 102. The van der Waals surface area contributed by atoms with Crippen LogP contribution in [0.1, 0.15) is 220 Å². The smallest absolute Gasteiger partial charge is 0.339 e. The highest BCUT2D eigenvalue weighted by molar-refractivity contribution is 6.99. The number of hydrogen-bond donors (Lipinski definition) is 4. The molecule has 3 aromatic heterocycles. The van der Waals surface area contributed by atoms with E-state index in [9.17, 15) is 76.8 Å². The maximum atomic E-state index is 14.4. The van der Waals surface area contributed by atoms with E-state index < -0.39 is 126 Å². The molecule has 37 heteroatoms. The third-order valence-electron chi connectivity index (χ3n) is 26.8. The number of fused-ring (bicyclic) bond motifs is 4. The fourth-order valence-electron chi connectivity index (χ4n) is 19.7. The van der Waals surface area contributed by atoms with Crippen LogP contribution in [0.4, 0.5) is 8.78 Å². The molecule has 33 nitrogen and oxygen atoms in total. The van der Waals surface area contributed by atoms with Crippen LogP contribution in [0.15, 0.2) is 103 Å². The van der Waals surface area contributed by atoms with Gasteiger partial charge in [-0.2, -0.15) is 0 Å². The number of carboxylic acid groups (broad SMARTS) is 2. The number of esters is 6. The van der Waals surface area contributed by atoms with Gasteiger partial charge in [-0.25, -0.2) is 23.2 Å². The van der Waals surface area contributed by atoms with E-state index >= 15 is 0 Å². The van der Waals surface area contributed by atoms with Crippen molar-refractivity contribution in [2.24, 2.45) is 70.6 Å². The molecule has 2 amide bonds. The molecule has 2 bridgehead atoms. The standard InChI is InChI=1S/C31H36N4O5Si.C30H36ClF2N5O6.C13H22O5.C12H18O4.C9H12O4/c1-30(2,3)41(23-13-8-6-9-14-23,24-15-10-7-11-16-24)40-22-18-19-25(31(4,21-22)29(37)38-5)28(36)39-35-27-26(33-34-35)17-12-20-32-27;1-29(28(42)43)11-16(39)3-4-18(29)27(41)38-10-7-17-19(31)5-6-22(44-14-20-25(26(32)33)36(2)35-34-20)24(17)21(38)13-37-15-30(8-9-30)12-23(37)40;1-13(2,3)18-12(16)9-6-5-8(14)7-10(9)11(15)17-4;1-12(2,3)16-11(14)8-5-4-7-6-9(8)10(13)15-7;1-13-9(12)7-5-3-2-4-6(7)8(10)11/h6-17,20,22,25H,18-19,21H2,1-5H3;5-6,16,18,21,26,39H,3-4,7-15H2,1-2H3,(H,42,43);8-10,14H,5-7H2,1-4H3;7-9H,4-6H2,1-3H3;2-3,6-7H,4-5H2,1H3,(H,10,11)/t22-,25-,31-;16-,18-,21+,29-;8-,9+,10-;7-,8+,9-;6-,7+/m00001/s1. The van der Waals surface area contributed by atoms with Crippen molar-refractivity contribution in [1.29, 1.82) is 0 Å². The predicted octanol–water partition coefficient (Wildman–Crippen LogP) is 11.2. The largest absolute Gasteiger partial charge is 0.487 e. The zero-order valence-electron chi connectivity index (χ0n) is 77.6. The number of aliphatic carboxylic acids is 2. The van der Waals surface area contributed by atoms with Gasteiger partial charge < -0.3 is 72.6 Å². The summed E-state index contributed by atoms with van der Waals surface area (Å²) in [4.78, 5) is 150. The summed E-state index contributed by atoms with van der Waals surface area (Å²) in [6.45, 7) is 21.4. The van der Waals surface area contributed by atoms with Gasteiger partial charge in [0.25, 0.3) is 14.7 Å². The van der Waals surface area contributed by atoms with E-state index in [2.05, 4.69) is 75.4 Å². The molecule has 9 aliphatic rings. The number of nitrogens with zero attached hydrogens (tertiary/aromatic N) is 9. The van der Waals surface area contributed by atoms with Crippen molar-refractivity contribution in [2.75, 3.05) is 41.0 Å². The van der Waals surface area contributed by atoms with Gasteiger partial charge in [-0.1, -0.05) is 110 Å². The first-order chi connectivity index (χ1) is 62.2. The normalized spacial score (nSPS) is 26.4. The molecule has 0 unspecified atom stereocenters. The van der Waals surface area contributed by atoms with Crippen LogP contribution in [0.25, 0.3) is 11.2 Å². The molecule has 6 aromatic rings. The van der Waals surface area contributed by atoms with Crippen LogP contribution in [-0.4, -0.2) is 216 Å². The summed E-state index contributed by atoms with van der Waals surface area (Å²) < 4.78 is 72.1. The molecular weight excluding hydrogens is 1750 g/mol. The monoisotopic (exact) mass is 1880 g/mol. The zero-order chi connectivity index (χ0) is 96.5. The second kappa shape index (κ2) is 42.3. The van der Waals surface area contributed by atoms with Gasteiger partial charge in [0.1, 0.15) is 46.6 Å². The molecule has 3 aromatic carbocycles. The molecule has 132 heavy (non-hydrogen) atoms. The van der Waals surface area contributed by atoms with Gasteiger partial charge in [-0.05, 0) is 225 Å². The lowest BCUT2D eigenvalue weighted by Gasteiger charge is -2.48. The van der Waals surface area contributed by atoms with E-state index in [4.69, 9.17) is 54.4 Å². The molecule has 6 aliphatic carbocycles. The van der Waals surface area contributed by atoms with Crippen molar-refractivity contribution in [3.8, 4) is 5.75 Å². The minimum Gasteiger partial charge on any atom is -0.487 e. The molecule has 6 heterocycles. The zero-order valence-corrected chi connectivity index (χ0v) is 79.3. The van der Waals surface area contributed by atoms with Crippen molar-refractivity contribution in [3.05, 3.63) is 131 Å². The number of halogens is 3. The van der Waals surface area contributed by atoms with Crippen molar-refractivity contribution in [1.82, 2.24) is 44.9 Å². The Bertz CT molecular complexity index is 5150. The van der Waals surface area contributed by atoms with E-state index in [1.807, 2.05) is 63.2 Å². The summed E-state index contributed by atoms with van der Waals surface area (Å²) in [5.41, 5.74) is -2.04. The minimum absolute atomic E-state index is 0.0104. The lowest BCUT2D eigenvalue weighted by molar-refractivity contribution is -0.173. The van der Waals surface area contributed by atoms with Crippen LogP contribution in [-0.2, 0) is 106 Å². The van der Waals surface area contributed by atoms with Crippen LogP contribution in [0.2, 0.25) is 10.1 Å². The Hall–Kier alpha value is -10.7. The predicted molar refractivity (Wildman–Crippen MR) is 475 cm³/mol. The van der Waals surface area contributed by atoms with Crippen molar-refractivity contribution in [2.45, 2.75) is 251 Å². The van der Waals surface area contributed by atoms with Gasteiger partial charge in [0.15, 0.2) is 0 Å². The fraction of sp³-hybridized carbons (Fsp3) is 0.600. The molecule has 718 valence electrons. The molecule has 15 atom stereocenters. The van der Waals surface area contributed by atoms with E-state index in [1.165, 1.54) is 35.3 Å². The molecular formula is C95H124ClF2N9O24Si. The number of benzene rings is 3. The molecule has 5 saturated carbocycles. The van der Waals surface area contributed by atoms with Crippen LogP contribution in [0.3, 0.4) is 0 Å². The summed E-state index contributed by atoms with van der Waals surface area (Å²) >= 11 is 6.68. The summed E-state index contributed by atoms with van der Waals surface area (Å²) in [6, 6.07) is 26.8. The molecule has 2 saturated heterocycles. The van der Waals surface area contributed by atoms with E-state index in [-0.39, 0.29) is 115 Å². The minimum atomic E-state index is -2.87. The van der Waals surface area contributed by atoms with E-state index in [0.29, 0.717) is 111 Å². The summed E-state index contributed by atoms with van der Waals surface area (Å²) in [5.74, 6) is -9.46. The number of amides is 2. The summed E-state index contributed by atoms with van der Waals surface area (Å²) in [6.07, 6.45) is 9.44. The summed E-state index contributed by atoms with van der Waals surface area (Å²) in [5, 5.41) is 56.9. The lowest BCUT2D eigenvalue weighted by Crippen LogP contribution is -2.68. The maximum absolute atomic E-state index is 14.4. The first-order valence-electron chi connectivity index (χ1n) is 44.9. The second-order valence-electron chi connectivity index (χ2n) is 39.3. The quantitative estimate of drug-likeness (QED) is 0.0181. The number of ether oxygens (including phenoxy) is 7. The van der Waals surface area contributed by atoms with Gasteiger partial charge in [0, 0.05) is 56.0 Å². The van der Waals surface area contributed by atoms with Crippen molar-refractivity contribution >= 4 is 107 Å². The molecule has 3 aliphatic heterocycles. The van der Waals surface area contributed by atoms with Gasteiger partial charge in [0.2, 0.25) is 17.5 Å². The topological polar surface area (TPSA) is 433 Å². The number of aryl methyl sites for hydroxylation is 1. The summed E-state index contributed by atoms with van der Waals surface area (Å²) in [7, 11) is 2.41. The van der Waals surface area contributed by atoms with E-state index in [0.717, 1.165) is 44.7 Å². The second-order valence-corrected chi connectivity index (χ2v) is 43.9. The Morgan fingerprint density at radius 2 is 1.26 bits per heavy atom. The number of aliphatic hydroxyl groups is 2. The average molecular weight is 1880 g/mol. The van der Waals surface area contributed by atoms with Crippen LogP contribution in [0, 0.1) is 63.6 Å². The van der Waals surface area contributed by atoms with Gasteiger partial charge >= 0.3 is 53.7 Å². The first-order valence-corrected chi connectivity index (χ1v) is 47.2. The van der Waals surface area contributed by atoms with Gasteiger partial charge in [-0.3, -0.25) is 47.9 Å². The van der Waals surface area contributed by atoms with Gasteiger partial charge in [0.05, 0.1) is 97.8 Å². The van der Waals surface area contributed by atoms with Crippen molar-refractivity contribution < 1.29 is 124 Å². The SMILES string of the molecule is CC(C)(C)OC(=O)[C@@H]1CC[C@H]2C[C@@H]1C(=O)O2.COC(=O)[C@@]1(C)C[C@@H](O[Si](c2ccccc2)(c2ccccc2)C(C)(C)C)CC[C@H]1C(=O)On1nnc2cccnc21.COC(=O)[C@H]1CC=CC[C@H]1C(=O)O.COC(=O)[C@H]1C[C@@H](O)CC[C@H]1C(=O)OC(C)(C)C.Cn1nnc(COc2ccc(Cl)c3c2[C@@H](CN2CC4(CC4)CC2=O)N(C(=O)[C@@H]2CC[C@H](O)C[C@]2(C)C(=O)O)CC3)c1C(F)F. The number of carbonyl (C=O) groups excluding carboxylic acids is 9. The van der Waals surface area contributed by atoms with Crippen LogP contribution >= 0.6 is 11.6 Å². The molecule has 4 N–H and O–H groups in total. The number of likely N-dealkylation sites (tertiary alicyclic amines) is 1. The number of pyridine rings is 1. The number of allylic oxidation sites excluding steroid dienone is 2. The number of methoxy groups -OCH3 is 3. The van der Waals surface area contributed by atoms with Gasteiger partial charge in [-0.15, -0.1) is 10.2 Å². The molecule has 0 radical (unpaired) electrons. The highest BCUT2D eigenvalue weighted by Crippen LogP contribution is 2.55. The Kier molecular flexibility index (Phi) is 32.6. The number of hydrogen-bond acceptors (Lipinski definition) is 27.